The largest absolute Gasteiger partial charge is 0.746 e. The number of aliphatic hydroxyl groups excluding tert-OH is 1. The summed E-state index contributed by atoms with van der Waals surface area (Å²) in [4.78, 5) is 0. The van der Waals surface area contributed by atoms with Crippen LogP contribution in [0, 0.1) is 0 Å². The molecular weight excluding hydrogens is 201 g/mol. The van der Waals surface area contributed by atoms with Crippen LogP contribution in [-0.4, -0.2) is 29.7 Å². The van der Waals surface area contributed by atoms with Crippen LogP contribution in [0.4, 0.5) is 13.2 Å². The van der Waals surface area contributed by atoms with Gasteiger partial charge in [0.25, 0.3) is 0 Å². The zero-order chi connectivity index (χ0) is 9.99. The molecule has 0 aliphatic rings. The Morgan fingerprint density at radius 1 is 1.42 bits per heavy atom. The number of rotatable bonds is 3. The van der Waals surface area contributed by atoms with Crippen molar-refractivity contribution in [2.75, 3.05) is 0 Å². The van der Waals surface area contributed by atoms with Crippen molar-refractivity contribution in [2.45, 2.75) is 24.5 Å². The molecule has 0 radical (unpaired) electrons. The first kappa shape index (κ1) is 11.7. The van der Waals surface area contributed by atoms with Crippen molar-refractivity contribution in [1.29, 1.82) is 0 Å². The molecule has 1 N–H and O–H groups in total. The van der Waals surface area contributed by atoms with Crippen molar-refractivity contribution < 1.29 is 31.2 Å². The average Bonchev–Trinajstić information content (AvgIpc) is 1.78. The molecule has 1 atom stereocenters. The highest BCUT2D eigenvalue weighted by Gasteiger charge is 2.29. The third-order valence-electron chi connectivity index (χ3n) is 1.01. The zero-order valence-electron chi connectivity index (χ0n) is 5.71. The molecule has 74 valence electrons. The van der Waals surface area contributed by atoms with Gasteiger partial charge in [0.2, 0.25) is 0 Å². The molecule has 1 unspecified atom stereocenters. The summed E-state index contributed by atoms with van der Waals surface area (Å²) in [7, 11) is -5.02. The van der Waals surface area contributed by atoms with Gasteiger partial charge in [-0.05, 0) is 6.42 Å². The van der Waals surface area contributed by atoms with Crippen LogP contribution in [0.15, 0.2) is 0 Å². The van der Waals surface area contributed by atoms with E-state index in [9.17, 15) is 26.1 Å². The SMILES string of the molecule is O=S(=O)([O-])C(O)CCC(F)(F)F. The second-order valence-electron chi connectivity index (χ2n) is 2.10. The number of hydrogen-bond donors (Lipinski definition) is 1. The van der Waals surface area contributed by atoms with E-state index in [0.29, 0.717) is 0 Å². The van der Waals surface area contributed by atoms with E-state index in [0.717, 1.165) is 0 Å². The fraction of sp³-hybridized carbons (Fsp3) is 1.00. The fourth-order valence-electron chi connectivity index (χ4n) is 0.431. The molecule has 12 heavy (non-hydrogen) atoms. The molecule has 0 aromatic rings. The monoisotopic (exact) mass is 207 g/mol. The molecule has 0 aromatic heterocycles. The van der Waals surface area contributed by atoms with Gasteiger partial charge in [-0.1, -0.05) is 0 Å². The van der Waals surface area contributed by atoms with Gasteiger partial charge >= 0.3 is 6.18 Å². The van der Waals surface area contributed by atoms with Gasteiger partial charge in [-0.2, -0.15) is 13.2 Å². The van der Waals surface area contributed by atoms with Gasteiger partial charge in [0.05, 0.1) is 0 Å². The van der Waals surface area contributed by atoms with Gasteiger partial charge in [0.1, 0.15) is 15.6 Å². The van der Waals surface area contributed by atoms with E-state index in [4.69, 9.17) is 5.11 Å². The highest BCUT2D eigenvalue weighted by molar-refractivity contribution is 7.86. The molecule has 0 aromatic carbocycles. The lowest BCUT2D eigenvalue weighted by Gasteiger charge is -2.15. The molecule has 0 rings (SSSR count). The minimum atomic E-state index is -5.02. The fourth-order valence-corrected chi connectivity index (χ4v) is 0.838. The van der Waals surface area contributed by atoms with Crippen molar-refractivity contribution in [3.05, 3.63) is 0 Å². The molecule has 0 spiro atoms. The van der Waals surface area contributed by atoms with Gasteiger partial charge in [-0.15, -0.1) is 0 Å². The summed E-state index contributed by atoms with van der Waals surface area (Å²) < 4.78 is 63.8. The van der Waals surface area contributed by atoms with Crippen LogP contribution in [0.5, 0.6) is 0 Å². The second kappa shape index (κ2) is 3.58. The minimum absolute atomic E-state index is 1.12. The van der Waals surface area contributed by atoms with Crippen molar-refractivity contribution in [1.82, 2.24) is 0 Å². The molecule has 0 aliphatic carbocycles. The third-order valence-corrected chi connectivity index (χ3v) is 1.91. The van der Waals surface area contributed by atoms with E-state index in [1.165, 1.54) is 0 Å². The van der Waals surface area contributed by atoms with Crippen molar-refractivity contribution in [3.63, 3.8) is 0 Å². The van der Waals surface area contributed by atoms with Crippen LogP contribution in [0.25, 0.3) is 0 Å². The smallest absolute Gasteiger partial charge is 0.389 e. The Morgan fingerprint density at radius 2 is 1.83 bits per heavy atom. The quantitative estimate of drug-likeness (QED) is 0.670. The summed E-state index contributed by atoms with van der Waals surface area (Å²) in [6.07, 6.45) is -7.17. The number of alkyl halides is 3. The predicted octanol–water partition coefficient (Wildman–Crippen LogP) is 0.192. The van der Waals surface area contributed by atoms with E-state index >= 15 is 0 Å². The van der Waals surface area contributed by atoms with E-state index in [-0.39, 0.29) is 0 Å². The Morgan fingerprint density at radius 3 is 2.08 bits per heavy atom. The van der Waals surface area contributed by atoms with Gasteiger partial charge in [0.15, 0.2) is 0 Å². The molecule has 0 aliphatic heterocycles. The van der Waals surface area contributed by atoms with E-state index in [1.54, 1.807) is 0 Å². The van der Waals surface area contributed by atoms with Gasteiger partial charge < -0.3 is 9.66 Å². The van der Waals surface area contributed by atoms with Crippen molar-refractivity contribution in [2.24, 2.45) is 0 Å². The highest BCUT2D eigenvalue weighted by Crippen LogP contribution is 2.22. The highest BCUT2D eigenvalue weighted by atomic mass is 32.2. The Bertz CT molecular complexity index is 231. The summed E-state index contributed by atoms with van der Waals surface area (Å²) in [5, 5.41) is 8.35. The van der Waals surface area contributed by atoms with Crippen LogP contribution in [-0.2, 0) is 10.1 Å². The lowest BCUT2D eigenvalue weighted by molar-refractivity contribution is -0.138. The number of aliphatic hydroxyl groups is 1. The molecule has 0 heterocycles. The topological polar surface area (TPSA) is 77.4 Å². The first-order chi connectivity index (χ1) is 5.13. The van der Waals surface area contributed by atoms with Crippen LogP contribution in [0.2, 0.25) is 0 Å². The van der Waals surface area contributed by atoms with Gasteiger partial charge in [-0.25, -0.2) is 8.42 Å². The van der Waals surface area contributed by atoms with Gasteiger partial charge in [-0.3, -0.25) is 0 Å². The summed E-state index contributed by atoms with van der Waals surface area (Å²) >= 11 is 0. The minimum Gasteiger partial charge on any atom is -0.746 e. The molecule has 0 fully saturated rings. The lowest BCUT2D eigenvalue weighted by Crippen LogP contribution is -2.22. The Hall–Kier alpha value is -0.340. The van der Waals surface area contributed by atoms with Crippen molar-refractivity contribution >= 4 is 10.1 Å². The average molecular weight is 207 g/mol. The number of hydrogen-bond acceptors (Lipinski definition) is 4. The molecule has 0 amide bonds. The summed E-state index contributed by atoms with van der Waals surface area (Å²) in [6.45, 7) is 0. The lowest BCUT2D eigenvalue weighted by atomic mass is 10.3. The molecule has 0 saturated carbocycles. The number of halogens is 3. The molecule has 0 bridgehead atoms. The molecular formula is C4H6F3O4S-. The summed E-state index contributed by atoms with van der Waals surface area (Å²) in [5.41, 5.74) is -2.47. The summed E-state index contributed by atoms with van der Waals surface area (Å²) in [5.74, 6) is 0. The van der Waals surface area contributed by atoms with Crippen LogP contribution < -0.4 is 0 Å². The third kappa shape index (κ3) is 5.33. The maximum atomic E-state index is 11.4. The van der Waals surface area contributed by atoms with E-state index < -0.39 is 34.6 Å². The first-order valence-electron chi connectivity index (χ1n) is 2.82. The van der Waals surface area contributed by atoms with Gasteiger partial charge in [0, 0.05) is 6.42 Å². The Balaban J connectivity index is 3.98. The predicted molar refractivity (Wildman–Crippen MR) is 31.0 cm³/mol. The maximum Gasteiger partial charge on any atom is 0.389 e. The van der Waals surface area contributed by atoms with Crippen molar-refractivity contribution in [3.8, 4) is 0 Å². The Labute approximate surface area is 66.8 Å². The zero-order valence-corrected chi connectivity index (χ0v) is 6.52. The Kier molecular flexibility index (Phi) is 3.48. The molecule has 4 nitrogen and oxygen atoms in total. The maximum absolute atomic E-state index is 11.4. The second-order valence-corrected chi connectivity index (χ2v) is 3.63. The molecule has 0 saturated heterocycles. The van der Waals surface area contributed by atoms with Crippen LogP contribution in [0.3, 0.4) is 0 Å². The standard InChI is InChI=1S/C4H7F3O4S/c5-4(6,7)2-1-3(8)12(9,10)11/h3,8H,1-2H2,(H,9,10,11)/p-1. The summed E-state index contributed by atoms with van der Waals surface area (Å²) in [6, 6.07) is 0. The normalized spacial score (nSPS) is 16.1. The van der Waals surface area contributed by atoms with Crippen LogP contribution >= 0.6 is 0 Å². The van der Waals surface area contributed by atoms with E-state index in [1.807, 2.05) is 0 Å². The van der Waals surface area contributed by atoms with E-state index in [2.05, 4.69) is 0 Å². The molecule has 8 heteroatoms. The first-order valence-corrected chi connectivity index (χ1v) is 4.29. The van der Waals surface area contributed by atoms with Crippen LogP contribution in [0.1, 0.15) is 12.8 Å².